The monoisotopic (exact) mass is 387 g/mol. The van der Waals surface area contributed by atoms with E-state index in [1.54, 1.807) is 7.11 Å². The first kappa shape index (κ1) is 21.6. The van der Waals surface area contributed by atoms with Crippen molar-refractivity contribution in [1.29, 1.82) is 0 Å². The van der Waals surface area contributed by atoms with Crippen LogP contribution in [0.15, 0.2) is 29.3 Å². The van der Waals surface area contributed by atoms with Gasteiger partial charge < -0.3 is 20.1 Å². The average Bonchev–Trinajstić information content (AvgIpc) is 2.92. The Morgan fingerprint density at radius 2 is 2.00 bits per heavy atom. The summed E-state index contributed by atoms with van der Waals surface area (Å²) in [6, 6.07) is 7.61. The van der Waals surface area contributed by atoms with Gasteiger partial charge in [-0.3, -0.25) is 4.68 Å². The van der Waals surface area contributed by atoms with Crippen molar-refractivity contribution < 1.29 is 9.47 Å². The van der Waals surface area contributed by atoms with E-state index in [1.165, 1.54) is 11.3 Å². The molecule has 1 atom stereocenters. The number of methoxy groups -OCH3 is 1. The molecule has 2 rings (SSSR count). The number of hydrogen-bond donors (Lipinski definition) is 2. The highest BCUT2D eigenvalue weighted by atomic mass is 16.5. The van der Waals surface area contributed by atoms with Crippen molar-refractivity contribution in [2.24, 2.45) is 12.0 Å². The van der Waals surface area contributed by atoms with Gasteiger partial charge in [0, 0.05) is 31.9 Å². The summed E-state index contributed by atoms with van der Waals surface area (Å²) in [6.07, 6.45) is 0.858. The molecule has 154 valence electrons. The van der Waals surface area contributed by atoms with Crippen molar-refractivity contribution in [3.63, 3.8) is 0 Å². The molecule has 0 aliphatic heterocycles. The third-order valence-corrected chi connectivity index (χ3v) is 4.56. The molecule has 0 bridgehead atoms. The Labute approximate surface area is 168 Å². The molecule has 0 spiro atoms. The maximum atomic E-state index is 5.94. The van der Waals surface area contributed by atoms with Crippen molar-refractivity contribution in [1.82, 2.24) is 20.4 Å². The summed E-state index contributed by atoms with van der Waals surface area (Å²) in [5.41, 5.74) is 3.59. The van der Waals surface area contributed by atoms with Gasteiger partial charge in [-0.05, 0) is 51.8 Å². The summed E-state index contributed by atoms with van der Waals surface area (Å²) in [6.45, 7) is 10.4. The number of nitrogens with zero attached hydrogens (tertiary/aromatic N) is 3. The quantitative estimate of drug-likeness (QED) is 0.511. The number of nitrogens with one attached hydrogen (secondary N) is 2. The van der Waals surface area contributed by atoms with E-state index < -0.39 is 0 Å². The highest BCUT2D eigenvalue weighted by molar-refractivity contribution is 5.79. The molecule has 2 aromatic rings. The SMILES string of the molecule is CCNC(=NCC(C)Oc1cccc(OC)c1)NCCc1c(C)nn(C)c1C. The molecule has 0 fully saturated rings. The number of aliphatic imine (C=N–C) groups is 1. The van der Waals surface area contributed by atoms with E-state index in [4.69, 9.17) is 9.47 Å². The van der Waals surface area contributed by atoms with E-state index in [0.29, 0.717) is 6.54 Å². The van der Waals surface area contributed by atoms with Crippen molar-refractivity contribution >= 4 is 5.96 Å². The maximum absolute atomic E-state index is 5.94. The molecular weight excluding hydrogens is 354 g/mol. The van der Waals surface area contributed by atoms with E-state index in [0.717, 1.165) is 42.7 Å². The number of hydrogen-bond acceptors (Lipinski definition) is 4. The molecule has 0 saturated carbocycles. The zero-order valence-electron chi connectivity index (χ0n) is 17.9. The molecule has 2 N–H and O–H groups in total. The lowest BCUT2D eigenvalue weighted by Gasteiger charge is -2.15. The van der Waals surface area contributed by atoms with Crippen LogP contribution in [-0.4, -0.2) is 48.6 Å². The second kappa shape index (κ2) is 10.6. The summed E-state index contributed by atoms with van der Waals surface area (Å²) >= 11 is 0. The fraction of sp³-hybridized carbons (Fsp3) is 0.524. The highest BCUT2D eigenvalue weighted by Crippen LogP contribution is 2.20. The molecule has 7 nitrogen and oxygen atoms in total. The van der Waals surface area contributed by atoms with Gasteiger partial charge in [0.1, 0.15) is 17.6 Å². The van der Waals surface area contributed by atoms with E-state index >= 15 is 0 Å². The van der Waals surface area contributed by atoms with E-state index in [-0.39, 0.29) is 6.10 Å². The normalized spacial score (nSPS) is 12.6. The summed E-state index contributed by atoms with van der Waals surface area (Å²) in [5, 5.41) is 11.2. The highest BCUT2D eigenvalue weighted by Gasteiger charge is 2.10. The lowest BCUT2D eigenvalue weighted by atomic mass is 10.1. The zero-order valence-corrected chi connectivity index (χ0v) is 17.9. The van der Waals surface area contributed by atoms with Gasteiger partial charge in [0.25, 0.3) is 0 Å². The molecule has 0 radical (unpaired) electrons. The van der Waals surface area contributed by atoms with E-state index in [1.807, 2.05) is 42.9 Å². The molecule has 1 aromatic carbocycles. The topological polar surface area (TPSA) is 72.7 Å². The number of aromatic nitrogens is 2. The molecule has 0 aliphatic carbocycles. The van der Waals surface area contributed by atoms with Gasteiger partial charge in [-0.15, -0.1) is 0 Å². The lowest BCUT2D eigenvalue weighted by Crippen LogP contribution is -2.39. The average molecular weight is 388 g/mol. The van der Waals surface area contributed by atoms with Crippen LogP contribution in [0.2, 0.25) is 0 Å². The fourth-order valence-corrected chi connectivity index (χ4v) is 2.99. The van der Waals surface area contributed by atoms with Crippen LogP contribution in [0.25, 0.3) is 0 Å². The van der Waals surface area contributed by atoms with E-state index in [9.17, 15) is 0 Å². The first-order chi connectivity index (χ1) is 13.4. The fourth-order valence-electron chi connectivity index (χ4n) is 2.99. The van der Waals surface area contributed by atoms with Gasteiger partial charge in [0.2, 0.25) is 0 Å². The summed E-state index contributed by atoms with van der Waals surface area (Å²) < 4.78 is 13.1. The lowest BCUT2D eigenvalue weighted by molar-refractivity contribution is 0.229. The first-order valence-electron chi connectivity index (χ1n) is 9.76. The van der Waals surface area contributed by atoms with Gasteiger partial charge in [-0.25, -0.2) is 4.99 Å². The molecule has 0 saturated heterocycles. The summed E-state index contributed by atoms with van der Waals surface area (Å²) in [4.78, 5) is 4.65. The minimum Gasteiger partial charge on any atom is -0.497 e. The van der Waals surface area contributed by atoms with Crippen LogP contribution >= 0.6 is 0 Å². The Morgan fingerprint density at radius 3 is 2.64 bits per heavy atom. The standard InChI is InChI=1S/C21H33N5O2/c1-7-22-21(23-12-11-20-16(3)25-26(5)17(20)4)24-14-15(2)28-19-10-8-9-18(13-19)27-6/h8-10,13,15H,7,11-12,14H2,1-6H3,(H2,22,23,24). The minimum absolute atomic E-state index is 0.0506. The number of guanidine groups is 1. The van der Waals surface area contributed by atoms with Gasteiger partial charge in [0.05, 0.1) is 19.3 Å². The molecule has 28 heavy (non-hydrogen) atoms. The van der Waals surface area contributed by atoms with Gasteiger partial charge in [0.15, 0.2) is 5.96 Å². The van der Waals surface area contributed by atoms with Crippen molar-refractivity contribution in [2.45, 2.75) is 40.2 Å². The zero-order chi connectivity index (χ0) is 20.5. The number of rotatable bonds is 9. The number of aryl methyl sites for hydroxylation is 2. The minimum atomic E-state index is -0.0506. The molecule has 1 unspecified atom stereocenters. The Kier molecular flexibility index (Phi) is 8.17. The van der Waals surface area contributed by atoms with Gasteiger partial charge in [-0.2, -0.15) is 5.10 Å². The molecular formula is C21H33N5O2. The summed E-state index contributed by atoms with van der Waals surface area (Å²) in [5.74, 6) is 2.36. The van der Waals surface area contributed by atoms with Crippen LogP contribution < -0.4 is 20.1 Å². The second-order valence-corrected chi connectivity index (χ2v) is 6.78. The van der Waals surface area contributed by atoms with Crippen molar-refractivity contribution in [3.05, 3.63) is 41.2 Å². The van der Waals surface area contributed by atoms with Crippen LogP contribution in [0.3, 0.4) is 0 Å². The van der Waals surface area contributed by atoms with Crippen LogP contribution in [0.5, 0.6) is 11.5 Å². The Morgan fingerprint density at radius 1 is 1.25 bits per heavy atom. The number of ether oxygens (including phenoxy) is 2. The van der Waals surface area contributed by atoms with Crippen LogP contribution in [0, 0.1) is 13.8 Å². The summed E-state index contributed by atoms with van der Waals surface area (Å²) in [7, 11) is 3.63. The van der Waals surface area contributed by atoms with Gasteiger partial charge >= 0.3 is 0 Å². The Bertz CT molecular complexity index is 785. The predicted molar refractivity (Wildman–Crippen MR) is 113 cm³/mol. The Balaban J connectivity index is 1.88. The smallest absolute Gasteiger partial charge is 0.191 e. The second-order valence-electron chi connectivity index (χ2n) is 6.78. The van der Waals surface area contributed by atoms with Crippen LogP contribution in [0.1, 0.15) is 30.8 Å². The van der Waals surface area contributed by atoms with Gasteiger partial charge in [-0.1, -0.05) is 6.07 Å². The third-order valence-electron chi connectivity index (χ3n) is 4.56. The van der Waals surface area contributed by atoms with Crippen molar-refractivity contribution in [2.75, 3.05) is 26.7 Å². The largest absolute Gasteiger partial charge is 0.497 e. The van der Waals surface area contributed by atoms with Crippen LogP contribution in [-0.2, 0) is 13.5 Å². The van der Waals surface area contributed by atoms with Crippen molar-refractivity contribution in [3.8, 4) is 11.5 Å². The predicted octanol–water partition coefficient (Wildman–Crippen LogP) is 2.61. The Hall–Kier alpha value is -2.70. The molecule has 0 aliphatic rings. The maximum Gasteiger partial charge on any atom is 0.191 e. The molecule has 1 heterocycles. The number of benzene rings is 1. The third kappa shape index (κ3) is 6.18. The molecule has 0 amide bonds. The van der Waals surface area contributed by atoms with Crippen LogP contribution in [0.4, 0.5) is 0 Å². The van der Waals surface area contributed by atoms with E-state index in [2.05, 4.69) is 41.5 Å². The molecule has 1 aromatic heterocycles. The first-order valence-corrected chi connectivity index (χ1v) is 9.76. The molecule has 7 heteroatoms.